The van der Waals surface area contributed by atoms with E-state index < -0.39 is 11.7 Å². The number of ether oxygens (including phenoxy) is 1. The lowest BCUT2D eigenvalue weighted by molar-refractivity contribution is -0.137. The molecule has 1 aliphatic heterocycles. The molecule has 7 heteroatoms. The van der Waals surface area contributed by atoms with Crippen LogP contribution in [0, 0.1) is 0 Å². The normalized spacial score (nSPS) is 23.8. The Hall–Kier alpha value is -1.50. The second-order valence-electron chi connectivity index (χ2n) is 5.01. The predicted octanol–water partition coefficient (Wildman–Crippen LogP) is 2.76. The Kier molecular flexibility index (Phi) is 4.08. The van der Waals surface area contributed by atoms with Crippen LogP contribution in [0.5, 0.6) is 0 Å². The standard InChI is InChI=1S/C13H18F3N3O/c1-8-6-19(7-9(2)20-8)12-5-10(13(14,15)16)4-11(17-3)18-12/h4-5,8-9H,6-7H2,1-3H3,(H,17,18)/t8-,9+. The highest BCUT2D eigenvalue weighted by atomic mass is 19.4. The van der Waals surface area contributed by atoms with Crippen LogP contribution in [0.1, 0.15) is 19.4 Å². The Labute approximate surface area is 115 Å². The molecule has 0 saturated carbocycles. The number of rotatable bonds is 2. The van der Waals surface area contributed by atoms with Crippen molar-refractivity contribution < 1.29 is 17.9 Å². The van der Waals surface area contributed by atoms with Crippen molar-refractivity contribution in [2.45, 2.75) is 32.2 Å². The molecule has 0 spiro atoms. The maximum absolute atomic E-state index is 12.9. The fourth-order valence-electron chi connectivity index (χ4n) is 2.33. The van der Waals surface area contributed by atoms with Crippen molar-refractivity contribution in [3.05, 3.63) is 17.7 Å². The number of nitrogens with one attached hydrogen (secondary N) is 1. The Morgan fingerprint density at radius 1 is 1.25 bits per heavy atom. The molecule has 112 valence electrons. The van der Waals surface area contributed by atoms with E-state index in [0.717, 1.165) is 12.1 Å². The van der Waals surface area contributed by atoms with Crippen LogP contribution in [-0.4, -0.2) is 37.3 Å². The van der Waals surface area contributed by atoms with Gasteiger partial charge in [0.15, 0.2) is 0 Å². The van der Waals surface area contributed by atoms with Crippen LogP contribution in [0.2, 0.25) is 0 Å². The molecular weight excluding hydrogens is 271 g/mol. The van der Waals surface area contributed by atoms with Crippen molar-refractivity contribution in [2.24, 2.45) is 0 Å². The maximum Gasteiger partial charge on any atom is 0.416 e. The second kappa shape index (κ2) is 5.47. The number of aromatic nitrogens is 1. The second-order valence-corrected chi connectivity index (χ2v) is 5.01. The molecule has 2 heterocycles. The van der Waals surface area contributed by atoms with Crippen LogP contribution < -0.4 is 10.2 Å². The Morgan fingerprint density at radius 2 is 1.85 bits per heavy atom. The highest BCUT2D eigenvalue weighted by molar-refractivity contribution is 5.51. The van der Waals surface area contributed by atoms with Gasteiger partial charge in [-0.2, -0.15) is 13.2 Å². The summed E-state index contributed by atoms with van der Waals surface area (Å²) in [6.07, 6.45) is -4.45. The van der Waals surface area contributed by atoms with Crippen molar-refractivity contribution >= 4 is 11.6 Å². The largest absolute Gasteiger partial charge is 0.416 e. The van der Waals surface area contributed by atoms with Crippen molar-refractivity contribution in [1.82, 2.24) is 4.98 Å². The fourth-order valence-corrected chi connectivity index (χ4v) is 2.33. The SMILES string of the molecule is CNc1cc(C(F)(F)F)cc(N2C[C@@H](C)O[C@@H](C)C2)n1. The first-order valence-corrected chi connectivity index (χ1v) is 6.47. The third kappa shape index (κ3) is 3.33. The van der Waals surface area contributed by atoms with Crippen LogP contribution in [0.25, 0.3) is 0 Å². The summed E-state index contributed by atoms with van der Waals surface area (Å²) in [4.78, 5) is 6.05. The van der Waals surface area contributed by atoms with E-state index in [1.54, 1.807) is 7.05 Å². The minimum atomic E-state index is -4.38. The molecular formula is C13H18F3N3O. The average molecular weight is 289 g/mol. The van der Waals surface area contributed by atoms with E-state index in [0.29, 0.717) is 18.9 Å². The van der Waals surface area contributed by atoms with E-state index in [-0.39, 0.29) is 18.0 Å². The highest BCUT2D eigenvalue weighted by Crippen LogP contribution is 2.33. The van der Waals surface area contributed by atoms with Crippen molar-refractivity contribution in [2.75, 3.05) is 30.4 Å². The Balaban J connectivity index is 2.35. The van der Waals surface area contributed by atoms with Gasteiger partial charge in [-0.15, -0.1) is 0 Å². The summed E-state index contributed by atoms with van der Waals surface area (Å²) in [5.74, 6) is 0.535. The summed E-state index contributed by atoms with van der Waals surface area (Å²) >= 11 is 0. The minimum Gasteiger partial charge on any atom is -0.373 e. The molecule has 1 fully saturated rings. The number of hydrogen-bond acceptors (Lipinski definition) is 4. The first-order chi connectivity index (χ1) is 9.29. The minimum absolute atomic E-state index is 0.0341. The maximum atomic E-state index is 12.9. The molecule has 1 aromatic heterocycles. The van der Waals surface area contributed by atoms with Gasteiger partial charge in [0.2, 0.25) is 0 Å². The van der Waals surface area contributed by atoms with Crippen molar-refractivity contribution in [1.29, 1.82) is 0 Å². The first kappa shape index (κ1) is 14.9. The van der Waals surface area contributed by atoms with Crippen molar-refractivity contribution in [3.8, 4) is 0 Å². The molecule has 20 heavy (non-hydrogen) atoms. The predicted molar refractivity (Wildman–Crippen MR) is 71.0 cm³/mol. The van der Waals surface area contributed by atoms with Crippen LogP contribution >= 0.6 is 0 Å². The molecule has 0 radical (unpaired) electrons. The summed E-state index contributed by atoms with van der Waals surface area (Å²) in [5.41, 5.74) is -0.696. The van der Waals surface area contributed by atoms with E-state index in [1.165, 1.54) is 0 Å². The molecule has 2 atom stereocenters. The van der Waals surface area contributed by atoms with Crippen LogP contribution in [0.4, 0.5) is 24.8 Å². The smallest absolute Gasteiger partial charge is 0.373 e. The Bertz CT molecular complexity index is 468. The van der Waals surface area contributed by atoms with E-state index in [4.69, 9.17) is 4.74 Å². The zero-order valence-electron chi connectivity index (χ0n) is 11.7. The third-order valence-electron chi connectivity index (χ3n) is 3.14. The molecule has 1 aliphatic rings. The number of pyridine rings is 1. The lowest BCUT2D eigenvalue weighted by atomic mass is 10.2. The third-order valence-corrected chi connectivity index (χ3v) is 3.14. The quantitative estimate of drug-likeness (QED) is 0.908. The molecule has 1 N–H and O–H groups in total. The zero-order valence-corrected chi connectivity index (χ0v) is 11.7. The van der Waals surface area contributed by atoms with Gasteiger partial charge in [0.1, 0.15) is 11.6 Å². The Morgan fingerprint density at radius 3 is 2.35 bits per heavy atom. The number of anilines is 2. The fraction of sp³-hybridized carbons (Fsp3) is 0.615. The van der Waals surface area contributed by atoms with Crippen molar-refractivity contribution in [3.63, 3.8) is 0 Å². The van der Waals surface area contributed by atoms with Gasteiger partial charge < -0.3 is 15.0 Å². The molecule has 0 amide bonds. The molecule has 0 unspecified atom stereocenters. The summed E-state index contributed by atoms with van der Waals surface area (Å²) in [6.45, 7) is 4.86. The molecule has 2 rings (SSSR count). The lowest BCUT2D eigenvalue weighted by Gasteiger charge is -2.36. The van der Waals surface area contributed by atoms with Gasteiger partial charge in [-0.05, 0) is 26.0 Å². The van der Waals surface area contributed by atoms with Gasteiger partial charge in [0, 0.05) is 20.1 Å². The molecule has 0 bridgehead atoms. The number of halogens is 3. The van der Waals surface area contributed by atoms with E-state index in [2.05, 4.69) is 10.3 Å². The number of hydrogen-bond donors (Lipinski definition) is 1. The van der Waals surface area contributed by atoms with E-state index in [9.17, 15) is 13.2 Å². The molecule has 1 aromatic rings. The van der Waals surface area contributed by atoms with Gasteiger partial charge in [-0.3, -0.25) is 0 Å². The highest BCUT2D eigenvalue weighted by Gasteiger charge is 2.33. The van der Waals surface area contributed by atoms with Gasteiger partial charge in [0.25, 0.3) is 0 Å². The summed E-state index contributed by atoms with van der Waals surface area (Å²) in [7, 11) is 1.55. The van der Waals surface area contributed by atoms with E-state index in [1.807, 2.05) is 18.7 Å². The van der Waals surface area contributed by atoms with Gasteiger partial charge in [-0.25, -0.2) is 4.98 Å². The average Bonchev–Trinajstić information content (AvgIpc) is 2.36. The van der Waals surface area contributed by atoms with Gasteiger partial charge >= 0.3 is 6.18 Å². The van der Waals surface area contributed by atoms with Crippen LogP contribution in [0.3, 0.4) is 0 Å². The van der Waals surface area contributed by atoms with Crippen LogP contribution in [-0.2, 0) is 10.9 Å². The topological polar surface area (TPSA) is 37.4 Å². The van der Waals surface area contributed by atoms with E-state index >= 15 is 0 Å². The molecule has 0 aliphatic carbocycles. The summed E-state index contributed by atoms with van der Waals surface area (Å²) < 4.78 is 44.3. The zero-order chi connectivity index (χ0) is 14.9. The van der Waals surface area contributed by atoms with Gasteiger partial charge in [0.05, 0.1) is 17.8 Å². The van der Waals surface area contributed by atoms with Gasteiger partial charge in [-0.1, -0.05) is 0 Å². The number of alkyl halides is 3. The lowest BCUT2D eigenvalue weighted by Crippen LogP contribution is -2.46. The molecule has 1 saturated heterocycles. The number of morpholine rings is 1. The van der Waals surface area contributed by atoms with Crippen LogP contribution in [0.15, 0.2) is 12.1 Å². The molecule has 0 aromatic carbocycles. The monoisotopic (exact) mass is 289 g/mol. The summed E-state index contributed by atoms with van der Waals surface area (Å²) in [5, 5.41) is 2.67. The number of nitrogens with zero attached hydrogens (tertiary/aromatic N) is 2. The molecule has 4 nitrogen and oxygen atoms in total. The summed E-state index contributed by atoms with van der Waals surface area (Å²) in [6, 6.07) is 2.10. The first-order valence-electron chi connectivity index (χ1n) is 6.47.